The lowest BCUT2D eigenvalue weighted by Gasteiger charge is -2.14. The fourth-order valence-electron chi connectivity index (χ4n) is 2.11. The fraction of sp³-hybridized carbons (Fsp3) is 0.211. The monoisotopic (exact) mass is 279 g/mol. The molecule has 2 aromatic carbocycles. The van der Waals surface area contributed by atoms with Crippen molar-refractivity contribution in [3.05, 3.63) is 77.4 Å². The Labute approximate surface area is 126 Å². The predicted molar refractivity (Wildman–Crippen MR) is 88.0 cm³/mol. The molecule has 0 aromatic heterocycles. The van der Waals surface area contributed by atoms with Crippen LogP contribution in [0, 0.1) is 6.92 Å². The van der Waals surface area contributed by atoms with Crippen LogP contribution in [0.1, 0.15) is 23.6 Å². The van der Waals surface area contributed by atoms with Crippen LogP contribution in [-0.2, 0) is 4.79 Å². The number of nitrogens with zero attached hydrogens (tertiary/aromatic N) is 1. The Morgan fingerprint density at radius 3 is 2.14 bits per heavy atom. The summed E-state index contributed by atoms with van der Waals surface area (Å²) in [6.07, 6.45) is 2.11. The summed E-state index contributed by atoms with van der Waals surface area (Å²) in [4.78, 5) is 13.1. The summed E-state index contributed by atoms with van der Waals surface area (Å²) < 4.78 is 0. The minimum Gasteiger partial charge on any atom is -0.342 e. The lowest BCUT2D eigenvalue weighted by atomic mass is 9.97. The van der Waals surface area contributed by atoms with Crippen molar-refractivity contribution in [3.63, 3.8) is 0 Å². The zero-order valence-electron chi connectivity index (χ0n) is 12.8. The predicted octanol–water partition coefficient (Wildman–Crippen LogP) is 3.91. The van der Waals surface area contributed by atoms with Gasteiger partial charge in [-0.1, -0.05) is 66.2 Å². The summed E-state index contributed by atoms with van der Waals surface area (Å²) >= 11 is 0. The largest absolute Gasteiger partial charge is 0.342 e. The third-order valence-corrected chi connectivity index (χ3v) is 3.55. The van der Waals surface area contributed by atoms with Gasteiger partial charge in [-0.05, 0) is 23.6 Å². The van der Waals surface area contributed by atoms with Crippen LogP contribution in [0.3, 0.4) is 0 Å². The Morgan fingerprint density at radius 2 is 1.57 bits per heavy atom. The van der Waals surface area contributed by atoms with Crippen LogP contribution in [0.4, 0.5) is 0 Å². The minimum atomic E-state index is 0.0718. The lowest BCUT2D eigenvalue weighted by molar-refractivity contribution is -0.127. The van der Waals surface area contributed by atoms with E-state index in [-0.39, 0.29) is 5.91 Å². The first-order chi connectivity index (χ1) is 10.1. The van der Waals surface area contributed by atoms with Crippen molar-refractivity contribution in [3.8, 4) is 0 Å². The second kappa shape index (κ2) is 6.89. The van der Waals surface area contributed by atoms with Gasteiger partial charge in [-0.15, -0.1) is 0 Å². The highest BCUT2D eigenvalue weighted by atomic mass is 16.2. The van der Waals surface area contributed by atoms with Crippen molar-refractivity contribution in [1.82, 2.24) is 4.90 Å². The Kier molecular flexibility index (Phi) is 4.94. The molecular weight excluding hydrogens is 258 g/mol. The lowest BCUT2D eigenvalue weighted by Crippen LogP contribution is -2.23. The summed E-state index contributed by atoms with van der Waals surface area (Å²) in [5, 5.41) is 0. The molecule has 108 valence electrons. The molecule has 2 heteroatoms. The van der Waals surface area contributed by atoms with E-state index in [0.29, 0.717) is 6.54 Å². The van der Waals surface area contributed by atoms with E-state index in [1.165, 1.54) is 16.7 Å². The maximum Gasteiger partial charge on any atom is 0.219 e. The molecule has 2 rings (SSSR count). The summed E-state index contributed by atoms with van der Waals surface area (Å²) in [5.41, 5.74) is 4.73. The third-order valence-electron chi connectivity index (χ3n) is 3.55. The van der Waals surface area contributed by atoms with E-state index in [1.54, 1.807) is 11.8 Å². The zero-order valence-corrected chi connectivity index (χ0v) is 12.8. The molecule has 0 bridgehead atoms. The maximum atomic E-state index is 11.4. The van der Waals surface area contributed by atoms with Gasteiger partial charge in [0.05, 0.1) is 0 Å². The molecule has 0 aliphatic rings. The number of aryl methyl sites for hydroxylation is 1. The van der Waals surface area contributed by atoms with Crippen molar-refractivity contribution >= 4 is 11.5 Å². The molecular formula is C19H21NO. The highest BCUT2D eigenvalue weighted by molar-refractivity contribution is 5.80. The molecule has 0 aliphatic carbocycles. The molecule has 0 atom stereocenters. The van der Waals surface area contributed by atoms with Gasteiger partial charge in [-0.2, -0.15) is 0 Å². The SMILES string of the molecule is CC(=O)N(C)C/C=C(/c1ccccc1)c1ccc(C)cc1. The van der Waals surface area contributed by atoms with Gasteiger partial charge in [0.25, 0.3) is 0 Å². The molecule has 0 unspecified atom stereocenters. The second-order valence-corrected chi connectivity index (χ2v) is 5.25. The molecule has 0 N–H and O–H groups in total. The molecule has 21 heavy (non-hydrogen) atoms. The Hall–Kier alpha value is -2.35. The van der Waals surface area contributed by atoms with Crippen molar-refractivity contribution in [2.75, 3.05) is 13.6 Å². The first-order valence-electron chi connectivity index (χ1n) is 7.12. The molecule has 0 aliphatic heterocycles. The highest BCUT2D eigenvalue weighted by Gasteiger charge is 2.06. The van der Waals surface area contributed by atoms with Crippen LogP contribution in [0.2, 0.25) is 0 Å². The van der Waals surface area contributed by atoms with Gasteiger partial charge in [0, 0.05) is 20.5 Å². The van der Waals surface area contributed by atoms with Crippen molar-refractivity contribution < 1.29 is 4.79 Å². The molecule has 0 saturated heterocycles. The molecule has 0 fully saturated rings. The van der Waals surface area contributed by atoms with Crippen molar-refractivity contribution in [1.29, 1.82) is 0 Å². The zero-order chi connectivity index (χ0) is 15.2. The minimum absolute atomic E-state index is 0.0718. The van der Waals surface area contributed by atoms with Gasteiger partial charge in [0.2, 0.25) is 5.91 Å². The van der Waals surface area contributed by atoms with Crippen LogP contribution < -0.4 is 0 Å². The average Bonchev–Trinajstić information content (AvgIpc) is 2.50. The van der Waals surface area contributed by atoms with Crippen LogP contribution in [0.5, 0.6) is 0 Å². The van der Waals surface area contributed by atoms with Crippen molar-refractivity contribution in [2.45, 2.75) is 13.8 Å². The number of benzene rings is 2. The fourth-order valence-corrected chi connectivity index (χ4v) is 2.11. The van der Waals surface area contributed by atoms with Crippen LogP contribution in [0.15, 0.2) is 60.7 Å². The number of amides is 1. The topological polar surface area (TPSA) is 20.3 Å². The van der Waals surface area contributed by atoms with Crippen LogP contribution >= 0.6 is 0 Å². The van der Waals surface area contributed by atoms with Crippen molar-refractivity contribution in [2.24, 2.45) is 0 Å². The van der Waals surface area contributed by atoms with Gasteiger partial charge in [-0.25, -0.2) is 0 Å². The summed E-state index contributed by atoms with van der Waals surface area (Å²) in [7, 11) is 1.82. The maximum absolute atomic E-state index is 11.4. The Balaban J connectivity index is 2.37. The van der Waals surface area contributed by atoms with E-state index in [1.807, 2.05) is 25.2 Å². The summed E-state index contributed by atoms with van der Waals surface area (Å²) in [6, 6.07) is 18.8. The number of rotatable bonds is 4. The van der Waals surface area contributed by atoms with Gasteiger partial charge in [-0.3, -0.25) is 4.79 Å². The van der Waals surface area contributed by atoms with Gasteiger partial charge in [0.15, 0.2) is 0 Å². The number of carbonyl (C=O) groups excluding carboxylic acids is 1. The quantitative estimate of drug-likeness (QED) is 0.831. The molecule has 0 radical (unpaired) electrons. The van der Waals surface area contributed by atoms with E-state index in [2.05, 4.69) is 49.4 Å². The molecule has 0 spiro atoms. The van der Waals surface area contributed by atoms with Gasteiger partial charge >= 0.3 is 0 Å². The molecule has 0 heterocycles. The standard InChI is InChI=1S/C19H21NO/c1-15-9-11-18(12-10-15)19(13-14-20(3)16(2)21)17-7-5-4-6-8-17/h4-13H,14H2,1-3H3/b19-13-. The molecule has 2 aromatic rings. The third kappa shape index (κ3) is 4.06. The first kappa shape index (κ1) is 15.0. The van der Waals surface area contributed by atoms with E-state index < -0.39 is 0 Å². The Morgan fingerprint density at radius 1 is 1.00 bits per heavy atom. The van der Waals surface area contributed by atoms with E-state index in [9.17, 15) is 4.79 Å². The Bertz CT molecular complexity index is 626. The second-order valence-electron chi connectivity index (χ2n) is 5.25. The normalized spacial score (nSPS) is 11.3. The number of carbonyl (C=O) groups is 1. The highest BCUT2D eigenvalue weighted by Crippen LogP contribution is 2.23. The average molecular weight is 279 g/mol. The van der Waals surface area contributed by atoms with Crippen LogP contribution in [0.25, 0.3) is 5.57 Å². The number of hydrogen-bond donors (Lipinski definition) is 0. The molecule has 2 nitrogen and oxygen atoms in total. The molecule has 1 amide bonds. The number of likely N-dealkylation sites (N-methyl/N-ethyl adjacent to an activating group) is 1. The van der Waals surface area contributed by atoms with E-state index >= 15 is 0 Å². The summed E-state index contributed by atoms with van der Waals surface area (Å²) in [5.74, 6) is 0.0718. The van der Waals surface area contributed by atoms with E-state index in [0.717, 1.165) is 5.57 Å². The molecule has 0 saturated carbocycles. The van der Waals surface area contributed by atoms with Gasteiger partial charge < -0.3 is 4.90 Å². The van der Waals surface area contributed by atoms with Crippen LogP contribution in [-0.4, -0.2) is 24.4 Å². The van der Waals surface area contributed by atoms with E-state index in [4.69, 9.17) is 0 Å². The summed E-state index contributed by atoms with van der Waals surface area (Å²) in [6.45, 7) is 4.27. The number of hydrogen-bond acceptors (Lipinski definition) is 1. The smallest absolute Gasteiger partial charge is 0.219 e. The van der Waals surface area contributed by atoms with Gasteiger partial charge in [0.1, 0.15) is 0 Å². The first-order valence-corrected chi connectivity index (χ1v) is 7.12.